The lowest BCUT2D eigenvalue weighted by Crippen LogP contribution is -2.36. The first kappa shape index (κ1) is 17.4. The lowest BCUT2D eigenvalue weighted by atomic mass is 10.1. The standard InChI is InChI=1S/C16H33N3O/c1-4-12-18-13-7-8-15(10-14-18)17-11-9-16(20)19(5-2)6-3/h15,17H,4-14H2,1-3H3. The largest absolute Gasteiger partial charge is 0.343 e. The smallest absolute Gasteiger partial charge is 0.223 e. The van der Waals surface area contributed by atoms with E-state index in [0.29, 0.717) is 12.5 Å². The van der Waals surface area contributed by atoms with Crippen molar-refractivity contribution in [1.82, 2.24) is 15.1 Å². The molecule has 1 aliphatic heterocycles. The fourth-order valence-electron chi connectivity index (χ4n) is 3.02. The molecule has 1 fully saturated rings. The topological polar surface area (TPSA) is 35.6 Å². The zero-order valence-corrected chi connectivity index (χ0v) is 13.7. The predicted octanol–water partition coefficient (Wildman–Crippen LogP) is 2.10. The van der Waals surface area contributed by atoms with Gasteiger partial charge in [0.05, 0.1) is 0 Å². The van der Waals surface area contributed by atoms with E-state index in [1.54, 1.807) is 0 Å². The van der Waals surface area contributed by atoms with Crippen molar-refractivity contribution in [3.63, 3.8) is 0 Å². The fourth-order valence-corrected chi connectivity index (χ4v) is 3.02. The fraction of sp³-hybridized carbons (Fsp3) is 0.938. The summed E-state index contributed by atoms with van der Waals surface area (Å²) < 4.78 is 0. The number of likely N-dealkylation sites (tertiary alicyclic amines) is 1. The third-order valence-electron chi connectivity index (χ3n) is 4.25. The SMILES string of the molecule is CCCN1CCCC(NCCC(=O)N(CC)CC)CC1. The van der Waals surface area contributed by atoms with Crippen LogP contribution < -0.4 is 5.32 Å². The highest BCUT2D eigenvalue weighted by Crippen LogP contribution is 2.11. The predicted molar refractivity (Wildman–Crippen MR) is 84.9 cm³/mol. The Hall–Kier alpha value is -0.610. The monoisotopic (exact) mass is 283 g/mol. The van der Waals surface area contributed by atoms with Crippen LogP contribution in [0.15, 0.2) is 0 Å². The molecule has 0 aliphatic carbocycles. The third kappa shape index (κ3) is 6.23. The molecule has 20 heavy (non-hydrogen) atoms. The van der Waals surface area contributed by atoms with Gasteiger partial charge < -0.3 is 15.1 Å². The summed E-state index contributed by atoms with van der Waals surface area (Å²) >= 11 is 0. The van der Waals surface area contributed by atoms with Crippen LogP contribution in [-0.2, 0) is 4.79 Å². The minimum atomic E-state index is 0.281. The first-order chi connectivity index (χ1) is 9.71. The van der Waals surface area contributed by atoms with Crippen LogP contribution in [0.5, 0.6) is 0 Å². The first-order valence-corrected chi connectivity index (χ1v) is 8.44. The molecule has 0 aromatic rings. The Morgan fingerprint density at radius 1 is 1.20 bits per heavy atom. The molecule has 1 atom stereocenters. The number of carbonyl (C=O) groups excluding carboxylic acids is 1. The summed E-state index contributed by atoms with van der Waals surface area (Å²) in [5.41, 5.74) is 0. The second kappa shape index (κ2) is 10.2. The van der Waals surface area contributed by atoms with Gasteiger partial charge in [-0.15, -0.1) is 0 Å². The molecule has 0 spiro atoms. The summed E-state index contributed by atoms with van der Waals surface area (Å²) in [4.78, 5) is 16.4. The molecule has 1 unspecified atom stereocenters. The number of nitrogens with zero attached hydrogens (tertiary/aromatic N) is 2. The summed E-state index contributed by atoms with van der Waals surface area (Å²) in [6.07, 6.45) is 5.63. The number of amides is 1. The van der Waals surface area contributed by atoms with Gasteiger partial charge in [-0.1, -0.05) is 6.92 Å². The van der Waals surface area contributed by atoms with E-state index in [9.17, 15) is 4.79 Å². The summed E-state index contributed by atoms with van der Waals surface area (Å²) in [5.74, 6) is 0.281. The van der Waals surface area contributed by atoms with E-state index >= 15 is 0 Å². The molecular weight excluding hydrogens is 250 g/mol. The van der Waals surface area contributed by atoms with Crippen molar-refractivity contribution in [3.05, 3.63) is 0 Å². The van der Waals surface area contributed by atoms with Crippen LogP contribution in [0.2, 0.25) is 0 Å². The van der Waals surface area contributed by atoms with Crippen LogP contribution >= 0.6 is 0 Å². The third-order valence-corrected chi connectivity index (χ3v) is 4.25. The maximum atomic E-state index is 11.9. The highest BCUT2D eigenvalue weighted by atomic mass is 16.2. The van der Waals surface area contributed by atoms with Crippen molar-refractivity contribution in [1.29, 1.82) is 0 Å². The highest BCUT2D eigenvalue weighted by Gasteiger charge is 2.16. The number of carbonyl (C=O) groups is 1. The van der Waals surface area contributed by atoms with Crippen molar-refractivity contribution in [2.45, 2.75) is 58.9 Å². The van der Waals surface area contributed by atoms with E-state index in [1.165, 1.54) is 45.3 Å². The minimum absolute atomic E-state index is 0.281. The molecule has 0 saturated carbocycles. The Bertz CT molecular complexity index is 266. The van der Waals surface area contributed by atoms with Crippen LogP contribution in [0.1, 0.15) is 52.9 Å². The van der Waals surface area contributed by atoms with Gasteiger partial charge in [-0.25, -0.2) is 0 Å². The molecule has 0 aromatic carbocycles. The molecule has 1 N–H and O–H groups in total. The van der Waals surface area contributed by atoms with Gasteiger partial charge in [0.1, 0.15) is 0 Å². The molecule has 4 heteroatoms. The molecule has 1 aliphatic rings. The summed E-state index contributed by atoms with van der Waals surface area (Å²) in [5, 5.41) is 3.58. The van der Waals surface area contributed by atoms with E-state index < -0.39 is 0 Å². The quantitative estimate of drug-likeness (QED) is 0.741. The molecule has 1 amide bonds. The van der Waals surface area contributed by atoms with E-state index in [0.717, 1.165) is 19.6 Å². The molecular formula is C16H33N3O. The van der Waals surface area contributed by atoms with Crippen molar-refractivity contribution < 1.29 is 4.79 Å². The lowest BCUT2D eigenvalue weighted by Gasteiger charge is -2.21. The summed E-state index contributed by atoms with van der Waals surface area (Å²) in [6, 6.07) is 0.598. The summed E-state index contributed by atoms with van der Waals surface area (Å²) in [7, 11) is 0. The average Bonchev–Trinajstić information content (AvgIpc) is 2.66. The van der Waals surface area contributed by atoms with Crippen molar-refractivity contribution in [3.8, 4) is 0 Å². The van der Waals surface area contributed by atoms with Crippen LogP contribution in [0.25, 0.3) is 0 Å². The molecule has 4 nitrogen and oxygen atoms in total. The van der Waals surface area contributed by atoms with Gasteiger partial charge in [-0.3, -0.25) is 4.79 Å². The lowest BCUT2D eigenvalue weighted by molar-refractivity contribution is -0.130. The highest BCUT2D eigenvalue weighted by molar-refractivity contribution is 5.76. The number of hydrogen-bond donors (Lipinski definition) is 1. The second-order valence-electron chi connectivity index (χ2n) is 5.74. The van der Waals surface area contributed by atoms with Gasteiger partial charge in [0.15, 0.2) is 0 Å². The summed E-state index contributed by atoms with van der Waals surface area (Å²) in [6.45, 7) is 12.5. The van der Waals surface area contributed by atoms with Crippen molar-refractivity contribution in [2.24, 2.45) is 0 Å². The van der Waals surface area contributed by atoms with E-state index in [1.807, 2.05) is 18.7 Å². The van der Waals surface area contributed by atoms with E-state index in [4.69, 9.17) is 0 Å². The van der Waals surface area contributed by atoms with Gasteiger partial charge in [0.2, 0.25) is 5.91 Å². The Morgan fingerprint density at radius 3 is 2.60 bits per heavy atom. The Balaban J connectivity index is 2.20. The maximum absolute atomic E-state index is 11.9. The second-order valence-corrected chi connectivity index (χ2v) is 5.74. The van der Waals surface area contributed by atoms with Crippen molar-refractivity contribution >= 4 is 5.91 Å². The van der Waals surface area contributed by atoms with E-state index in [2.05, 4.69) is 17.1 Å². The van der Waals surface area contributed by atoms with Gasteiger partial charge in [0, 0.05) is 32.1 Å². The zero-order chi connectivity index (χ0) is 14.8. The van der Waals surface area contributed by atoms with Gasteiger partial charge in [-0.05, 0) is 59.2 Å². The van der Waals surface area contributed by atoms with Crippen LogP contribution in [0, 0.1) is 0 Å². The van der Waals surface area contributed by atoms with Gasteiger partial charge in [0.25, 0.3) is 0 Å². The Morgan fingerprint density at radius 2 is 1.95 bits per heavy atom. The average molecular weight is 283 g/mol. The van der Waals surface area contributed by atoms with E-state index in [-0.39, 0.29) is 5.91 Å². The molecule has 1 rings (SSSR count). The van der Waals surface area contributed by atoms with Crippen LogP contribution in [0.3, 0.4) is 0 Å². The van der Waals surface area contributed by atoms with Gasteiger partial charge in [-0.2, -0.15) is 0 Å². The normalized spacial score (nSPS) is 20.6. The molecule has 0 aromatic heterocycles. The maximum Gasteiger partial charge on any atom is 0.223 e. The minimum Gasteiger partial charge on any atom is -0.343 e. The number of rotatable bonds is 8. The zero-order valence-electron chi connectivity index (χ0n) is 13.7. The van der Waals surface area contributed by atoms with Crippen LogP contribution in [-0.4, -0.2) is 61.0 Å². The van der Waals surface area contributed by atoms with Crippen LogP contribution in [0.4, 0.5) is 0 Å². The molecule has 118 valence electrons. The molecule has 0 bridgehead atoms. The number of hydrogen-bond acceptors (Lipinski definition) is 3. The first-order valence-electron chi connectivity index (χ1n) is 8.44. The Labute approximate surface area is 124 Å². The molecule has 1 saturated heterocycles. The molecule has 1 heterocycles. The Kier molecular flexibility index (Phi) is 8.86. The van der Waals surface area contributed by atoms with Gasteiger partial charge >= 0.3 is 0 Å². The number of nitrogens with one attached hydrogen (secondary N) is 1. The van der Waals surface area contributed by atoms with Crippen molar-refractivity contribution in [2.75, 3.05) is 39.3 Å². The molecule has 0 radical (unpaired) electrons.